The van der Waals surface area contributed by atoms with Gasteiger partial charge in [0.1, 0.15) is 0 Å². The molecule has 0 atom stereocenters. The number of hydrogen-bond acceptors (Lipinski definition) is 2. The van der Waals surface area contributed by atoms with Crippen molar-refractivity contribution in [3.8, 4) is 0 Å². The van der Waals surface area contributed by atoms with Crippen molar-refractivity contribution in [2.75, 3.05) is 0 Å². The van der Waals surface area contributed by atoms with Gasteiger partial charge in [0.15, 0.2) is 0 Å². The summed E-state index contributed by atoms with van der Waals surface area (Å²) in [6.45, 7) is 10.3. The maximum atomic E-state index is 12.7. The number of thiocarbonyl (C=S) groups is 1. The number of amides is 1. The normalized spacial score (nSPS) is 12.0. The van der Waals surface area contributed by atoms with Crippen LogP contribution in [0, 0.1) is 0 Å². The monoisotopic (exact) mass is 306 g/mol. The van der Waals surface area contributed by atoms with E-state index in [0.29, 0.717) is 23.4 Å². The Morgan fingerprint density at radius 1 is 1.19 bits per heavy atom. The number of hydrogen-bond donors (Lipinski definition) is 2. The van der Waals surface area contributed by atoms with Gasteiger partial charge in [-0.15, -0.1) is 0 Å². The summed E-state index contributed by atoms with van der Waals surface area (Å²) in [6, 6.07) is 7.68. The SMILES string of the molecule is CCC(CC)(NC(=O)c1ccccc1C(C)(C)C)C(N)=S. The second kappa shape index (κ2) is 6.56. The minimum atomic E-state index is -0.614. The van der Waals surface area contributed by atoms with E-state index in [2.05, 4.69) is 26.1 Å². The van der Waals surface area contributed by atoms with E-state index in [0.717, 1.165) is 5.56 Å². The molecule has 3 nitrogen and oxygen atoms in total. The van der Waals surface area contributed by atoms with Crippen molar-refractivity contribution in [1.29, 1.82) is 0 Å². The van der Waals surface area contributed by atoms with Crippen molar-refractivity contribution in [1.82, 2.24) is 5.32 Å². The summed E-state index contributed by atoms with van der Waals surface area (Å²) in [5, 5.41) is 3.05. The van der Waals surface area contributed by atoms with E-state index >= 15 is 0 Å². The molecular weight excluding hydrogens is 280 g/mol. The number of carbonyl (C=O) groups is 1. The first-order valence-electron chi connectivity index (χ1n) is 7.40. The molecule has 1 aromatic carbocycles. The van der Waals surface area contributed by atoms with Crippen LogP contribution < -0.4 is 11.1 Å². The zero-order valence-electron chi connectivity index (χ0n) is 13.6. The Morgan fingerprint density at radius 3 is 2.14 bits per heavy atom. The Bertz CT molecular complexity index is 528. The minimum Gasteiger partial charge on any atom is -0.391 e. The van der Waals surface area contributed by atoms with Crippen LogP contribution in [0.5, 0.6) is 0 Å². The Balaban J connectivity index is 3.19. The number of nitrogens with two attached hydrogens (primary N) is 1. The van der Waals surface area contributed by atoms with Gasteiger partial charge in [0, 0.05) is 5.56 Å². The van der Waals surface area contributed by atoms with Crippen molar-refractivity contribution in [2.24, 2.45) is 5.73 Å². The molecule has 4 heteroatoms. The van der Waals surface area contributed by atoms with E-state index < -0.39 is 5.54 Å². The predicted molar refractivity (Wildman–Crippen MR) is 92.7 cm³/mol. The molecule has 0 radical (unpaired) electrons. The lowest BCUT2D eigenvalue weighted by Gasteiger charge is -2.32. The van der Waals surface area contributed by atoms with Crippen LogP contribution in [0.2, 0.25) is 0 Å². The molecule has 0 aliphatic heterocycles. The van der Waals surface area contributed by atoms with E-state index in [1.54, 1.807) is 0 Å². The molecule has 0 aromatic heterocycles. The minimum absolute atomic E-state index is 0.0990. The van der Waals surface area contributed by atoms with E-state index in [4.69, 9.17) is 18.0 Å². The molecule has 3 N–H and O–H groups in total. The molecule has 0 fully saturated rings. The number of carbonyl (C=O) groups excluding carboxylic acids is 1. The van der Waals surface area contributed by atoms with Gasteiger partial charge in [-0.05, 0) is 29.9 Å². The third-order valence-corrected chi connectivity index (χ3v) is 4.40. The molecule has 0 spiro atoms. The first kappa shape index (κ1) is 17.6. The van der Waals surface area contributed by atoms with Crippen LogP contribution >= 0.6 is 12.2 Å². The molecule has 0 aliphatic carbocycles. The average Bonchev–Trinajstić information content (AvgIpc) is 2.43. The highest BCUT2D eigenvalue weighted by atomic mass is 32.1. The topological polar surface area (TPSA) is 55.1 Å². The van der Waals surface area contributed by atoms with E-state index in [-0.39, 0.29) is 11.3 Å². The number of benzene rings is 1. The third-order valence-electron chi connectivity index (χ3n) is 4.01. The Hall–Kier alpha value is -1.42. The Kier molecular flexibility index (Phi) is 5.51. The molecule has 0 unspecified atom stereocenters. The van der Waals surface area contributed by atoms with Crippen molar-refractivity contribution in [3.63, 3.8) is 0 Å². The van der Waals surface area contributed by atoms with Gasteiger partial charge in [0.05, 0.1) is 10.5 Å². The van der Waals surface area contributed by atoms with Crippen LogP contribution in [0.25, 0.3) is 0 Å². The molecule has 1 rings (SSSR count). The Labute approximate surface area is 133 Å². The second-order valence-corrected chi connectivity index (χ2v) is 6.84. The zero-order valence-corrected chi connectivity index (χ0v) is 14.4. The quantitative estimate of drug-likeness (QED) is 0.818. The molecule has 0 saturated carbocycles. The first-order chi connectivity index (χ1) is 9.68. The number of nitrogens with one attached hydrogen (secondary N) is 1. The van der Waals surface area contributed by atoms with Crippen LogP contribution in [0.15, 0.2) is 24.3 Å². The molecule has 116 valence electrons. The fourth-order valence-electron chi connectivity index (χ4n) is 2.46. The van der Waals surface area contributed by atoms with Gasteiger partial charge in [-0.1, -0.05) is 65.0 Å². The molecule has 0 aliphatic rings. The van der Waals surface area contributed by atoms with Gasteiger partial charge in [0.2, 0.25) is 0 Å². The molecule has 1 aromatic rings. The van der Waals surface area contributed by atoms with Gasteiger partial charge in [-0.2, -0.15) is 0 Å². The molecule has 0 heterocycles. The van der Waals surface area contributed by atoms with Crippen molar-refractivity contribution < 1.29 is 4.79 Å². The summed E-state index contributed by atoms with van der Waals surface area (Å²) in [6.07, 6.45) is 1.37. The van der Waals surface area contributed by atoms with Crippen molar-refractivity contribution in [2.45, 2.75) is 58.4 Å². The smallest absolute Gasteiger partial charge is 0.252 e. The fraction of sp³-hybridized carbons (Fsp3) is 0.529. The van der Waals surface area contributed by atoms with Crippen LogP contribution in [0.4, 0.5) is 0 Å². The summed E-state index contributed by atoms with van der Waals surface area (Å²) < 4.78 is 0. The second-order valence-electron chi connectivity index (χ2n) is 6.40. The summed E-state index contributed by atoms with van der Waals surface area (Å²) in [4.78, 5) is 13.1. The lowest BCUT2D eigenvalue weighted by Crippen LogP contribution is -2.56. The maximum Gasteiger partial charge on any atom is 0.252 e. The molecule has 0 saturated heterocycles. The summed E-state index contributed by atoms with van der Waals surface area (Å²) in [5.74, 6) is -0.114. The third kappa shape index (κ3) is 3.82. The lowest BCUT2D eigenvalue weighted by atomic mass is 9.83. The molecular formula is C17H26N2OS. The first-order valence-corrected chi connectivity index (χ1v) is 7.80. The predicted octanol–water partition coefficient (Wildman–Crippen LogP) is 3.56. The lowest BCUT2D eigenvalue weighted by molar-refractivity contribution is 0.0917. The largest absolute Gasteiger partial charge is 0.391 e. The highest BCUT2D eigenvalue weighted by molar-refractivity contribution is 7.80. The van der Waals surface area contributed by atoms with E-state index in [1.807, 2.05) is 38.1 Å². The fourth-order valence-corrected chi connectivity index (χ4v) is 2.80. The van der Waals surface area contributed by atoms with Crippen molar-refractivity contribution in [3.05, 3.63) is 35.4 Å². The highest BCUT2D eigenvalue weighted by Gasteiger charge is 2.33. The van der Waals surface area contributed by atoms with E-state index in [9.17, 15) is 4.79 Å². The van der Waals surface area contributed by atoms with Crippen molar-refractivity contribution >= 4 is 23.1 Å². The molecule has 0 bridgehead atoms. The molecule has 21 heavy (non-hydrogen) atoms. The van der Waals surface area contributed by atoms with Gasteiger partial charge in [0.25, 0.3) is 5.91 Å². The number of rotatable bonds is 5. The Morgan fingerprint density at radius 2 is 1.71 bits per heavy atom. The van der Waals surface area contributed by atoms with Crippen LogP contribution in [0.1, 0.15) is 63.4 Å². The van der Waals surface area contributed by atoms with E-state index in [1.165, 1.54) is 0 Å². The van der Waals surface area contributed by atoms with Crippen LogP contribution in [0.3, 0.4) is 0 Å². The van der Waals surface area contributed by atoms with Crippen LogP contribution in [-0.2, 0) is 5.41 Å². The summed E-state index contributed by atoms with van der Waals surface area (Å²) in [5.41, 5.74) is 6.85. The average molecular weight is 306 g/mol. The van der Waals surface area contributed by atoms with Gasteiger partial charge >= 0.3 is 0 Å². The van der Waals surface area contributed by atoms with Crippen LogP contribution in [-0.4, -0.2) is 16.4 Å². The van der Waals surface area contributed by atoms with Gasteiger partial charge < -0.3 is 11.1 Å². The zero-order chi connectivity index (χ0) is 16.3. The standard InChI is InChI=1S/C17H26N2OS/c1-6-17(7-2,15(18)21)19-14(20)12-10-8-9-11-13(12)16(3,4)5/h8-11H,6-7H2,1-5H3,(H2,18,21)(H,19,20). The summed E-state index contributed by atoms with van der Waals surface area (Å²) in [7, 11) is 0. The maximum absolute atomic E-state index is 12.7. The summed E-state index contributed by atoms with van der Waals surface area (Å²) >= 11 is 5.17. The highest BCUT2D eigenvalue weighted by Crippen LogP contribution is 2.26. The molecule has 1 amide bonds. The van der Waals surface area contributed by atoms with Gasteiger partial charge in [-0.25, -0.2) is 0 Å². The van der Waals surface area contributed by atoms with Gasteiger partial charge in [-0.3, -0.25) is 4.79 Å².